The third kappa shape index (κ3) is 3.46. The molecule has 0 unspecified atom stereocenters. The van der Waals surface area contributed by atoms with Gasteiger partial charge in [-0.25, -0.2) is 4.98 Å². The molecule has 1 atom stereocenters. The molecule has 1 heterocycles. The van der Waals surface area contributed by atoms with Gasteiger partial charge in [-0.3, -0.25) is 0 Å². The Labute approximate surface area is 119 Å². The summed E-state index contributed by atoms with van der Waals surface area (Å²) in [6, 6.07) is 11.8. The van der Waals surface area contributed by atoms with Crippen LogP contribution in [0.5, 0.6) is 0 Å². The summed E-state index contributed by atoms with van der Waals surface area (Å²) in [6.45, 7) is 2.67. The quantitative estimate of drug-likeness (QED) is 0.930. The molecule has 0 spiro atoms. The van der Waals surface area contributed by atoms with E-state index in [2.05, 4.69) is 9.88 Å². The highest BCUT2D eigenvalue weighted by Crippen LogP contribution is 2.20. The normalized spacial score (nSPS) is 12.2. The summed E-state index contributed by atoms with van der Waals surface area (Å²) < 4.78 is 0. The summed E-state index contributed by atoms with van der Waals surface area (Å²) in [5, 5.41) is 0.779. The van der Waals surface area contributed by atoms with E-state index in [0.717, 1.165) is 28.5 Å². The Morgan fingerprint density at radius 3 is 2.58 bits per heavy atom. The molecule has 0 fully saturated rings. The Morgan fingerprint density at radius 1 is 1.26 bits per heavy atom. The molecule has 0 saturated heterocycles. The van der Waals surface area contributed by atoms with Crippen molar-refractivity contribution in [2.45, 2.75) is 19.5 Å². The fraction of sp³-hybridized carbons (Fsp3) is 0.267. The average molecular weight is 276 g/mol. The Bertz CT molecular complexity index is 537. The van der Waals surface area contributed by atoms with Crippen LogP contribution in [0.15, 0.2) is 42.6 Å². The molecule has 1 aromatic heterocycles. The number of hydrogen-bond donors (Lipinski definition) is 1. The molecule has 3 nitrogen and oxygen atoms in total. The van der Waals surface area contributed by atoms with Crippen molar-refractivity contribution in [2.24, 2.45) is 5.73 Å². The zero-order valence-electron chi connectivity index (χ0n) is 11.2. The van der Waals surface area contributed by atoms with Gasteiger partial charge in [-0.15, -0.1) is 0 Å². The van der Waals surface area contributed by atoms with Gasteiger partial charge in [0.15, 0.2) is 0 Å². The van der Waals surface area contributed by atoms with Gasteiger partial charge in [0.05, 0.1) is 0 Å². The Balaban J connectivity index is 2.12. The molecule has 19 heavy (non-hydrogen) atoms. The Hall–Kier alpha value is -1.58. The van der Waals surface area contributed by atoms with Gasteiger partial charge < -0.3 is 10.6 Å². The van der Waals surface area contributed by atoms with Gasteiger partial charge in [0.1, 0.15) is 5.82 Å². The first kappa shape index (κ1) is 13.8. The molecule has 2 aromatic rings. The fourth-order valence-electron chi connectivity index (χ4n) is 1.86. The first-order valence-electron chi connectivity index (χ1n) is 6.24. The summed E-state index contributed by atoms with van der Waals surface area (Å²) in [7, 11) is 2.00. The largest absolute Gasteiger partial charge is 0.355 e. The first-order valence-corrected chi connectivity index (χ1v) is 6.62. The highest BCUT2D eigenvalue weighted by atomic mass is 35.5. The van der Waals surface area contributed by atoms with E-state index in [1.54, 1.807) is 0 Å². The highest BCUT2D eigenvalue weighted by Gasteiger charge is 2.07. The fourth-order valence-corrected chi connectivity index (χ4v) is 2.05. The van der Waals surface area contributed by atoms with Gasteiger partial charge in [0.25, 0.3) is 0 Å². The van der Waals surface area contributed by atoms with Crippen LogP contribution in [-0.2, 0) is 6.54 Å². The van der Waals surface area contributed by atoms with Gasteiger partial charge in [-0.05, 0) is 30.2 Å². The molecule has 100 valence electrons. The summed E-state index contributed by atoms with van der Waals surface area (Å²) in [6.07, 6.45) is 1.82. The second kappa shape index (κ2) is 6.04. The minimum Gasteiger partial charge on any atom is -0.355 e. The van der Waals surface area contributed by atoms with E-state index in [4.69, 9.17) is 17.3 Å². The lowest BCUT2D eigenvalue weighted by molar-refractivity contribution is 0.807. The van der Waals surface area contributed by atoms with Crippen LogP contribution in [0.4, 0.5) is 5.82 Å². The third-order valence-corrected chi connectivity index (χ3v) is 3.42. The van der Waals surface area contributed by atoms with Crippen LogP contribution in [0.3, 0.4) is 0 Å². The number of benzene rings is 1. The van der Waals surface area contributed by atoms with Gasteiger partial charge in [-0.2, -0.15) is 0 Å². The third-order valence-electron chi connectivity index (χ3n) is 3.05. The monoisotopic (exact) mass is 275 g/mol. The smallest absolute Gasteiger partial charge is 0.128 e. The standard InChI is InChI=1S/C15H18ClN3/c1-11(17)12-7-8-15(18-9-12)19(2)10-13-5-3-4-6-14(13)16/h3-9,11H,10,17H2,1-2H3/t11-/m0/s1. The second-order valence-corrected chi connectivity index (χ2v) is 5.09. The van der Waals surface area contributed by atoms with Crippen molar-refractivity contribution in [1.29, 1.82) is 0 Å². The van der Waals surface area contributed by atoms with Crippen molar-refractivity contribution in [1.82, 2.24) is 4.98 Å². The summed E-state index contributed by atoms with van der Waals surface area (Å²) in [4.78, 5) is 6.49. The summed E-state index contributed by atoms with van der Waals surface area (Å²) in [5.41, 5.74) is 7.94. The van der Waals surface area contributed by atoms with E-state index >= 15 is 0 Å². The first-order chi connectivity index (χ1) is 9.08. The van der Waals surface area contributed by atoms with Crippen LogP contribution in [-0.4, -0.2) is 12.0 Å². The molecule has 0 aliphatic heterocycles. The maximum absolute atomic E-state index is 6.16. The van der Waals surface area contributed by atoms with Crippen LogP contribution in [0, 0.1) is 0 Å². The van der Waals surface area contributed by atoms with E-state index in [1.807, 2.05) is 56.6 Å². The summed E-state index contributed by atoms with van der Waals surface area (Å²) >= 11 is 6.16. The number of nitrogens with zero attached hydrogens (tertiary/aromatic N) is 2. The van der Waals surface area contributed by atoms with E-state index < -0.39 is 0 Å². The molecule has 4 heteroatoms. The number of rotatable bonds is 4. The predicted octanol–water partition coefficient (Wildman–Crippen LogP) is 3.39. The molecule has 0 aliphatic rings. The number of aromatic nitrogens is 1. The van der Waals surface area contributed by atoms with Crippen LogP contribution >= 0.6 is 11.6 Å². The summed E-state index contributed by atoms with van der Waals surface area (Å²) in [5.74, 6) is 0.907. The molecule has 2 N–H and O–H groups in total. The molecule has 0 bridgehead atoms. The van der Waals surface area contributed by atoms with Crippen LogP contribution in [0.2, 0.25) is 5.02 Å². The molecule has 1 aromatic carbocycles. The molecule has 0 saturated carbocycles. The molecular formula is C15H18ClN3. The lowest BCUT2D eigenvalue weighted by Crippen LogP contribution is -2.18. The van der Waals surface area contributed by atoms with Gasteiger partial charge in [0.2, 0.25) is 0 Å². The SMILES string of the molecule is C[C@H](N)c1ccc(N(C)Cc2ccccc2Cl)nc1. The highest BCUT2D eigenvalue weighted by molar-refractivity contribution is 6.31. The van der Waals surface area contributed by atoms with Gasteiger partial charge >= 0.3 is 0 Å². The van der Waals surface area contributed by atoms with Crippen LogP contribution in [0.25, 0.3) is 0 Å². The predicted molar refractivity (Wildman–Crippen MR) is 80.4 cm³/mol. The van der Waals surface area contributed by atoms with Gasteiger partial charge in [0, 0.05) is 30.9 Å². The van der Waals surface area contributed by atoms with Crippen molar-refractivity contribution in [3.63, 3.8) is 0 Å². The zero-order valence-corrected chi connectivity index (χ0v) is 11.9. The van der Waals surface area contributed by atoms with E-state index in [0.29, 0.717) is 0 Å². The van der Waals surface area contributed by atoms with E-state index in [9.17, 15) is 0 Å². The van der Waals surface area contributed by atoms with Crippen LogP contribution < -0.4 is 10.6 Å². The van der Waals surface area contributed by atoms with E-state index in [1.165, 1.54) is 0 Å². The number of pyridine rings is 1. The number of nitrogens with two attached hydrogens (primary N) is 1. The number of halogens is 1. The zero-order chi connectivity index (χ0) is 13.8. The lowest BCUT2D eigenvalue weighted by atomic mass is 10.1. The second-order valence-electron chi connectivity index (χ2n) is 4.69. The van der Waals surface area contributed by atoms with Gasteiger partial charge in [-0.1, -0.05) is 35.9 Å². The Kier molecular flexibility index (Phi) is 4.40. The maximum Gasteiger partial charge on any atom is 0.128 e. The van der Waals surface area contributed by atoms with Crippen LogP contribution in [0.1, 0.15) is 24.1 Å². The van der Waals surface area contributed by atoms with Crippen molar-refractivity contribution in [3.05, 3.63) is 58.7 Å². The van der Waals surface area contributed by atoms with E-state index in [-0.39, 0.29) is 6.04 Å². The Morgan fingerprint density at radius 2 is 2.00 bits per heavy atom. The molecular weight excluding hydrogens is 258 g/mol. The van der Waals surface area contributed by atoms with Crippen molar-refractivity contribution in [3.8, 4) is 0 Å². The maximum atomic E-state index is 6.16. The molecule has 0 aliphatic carbocycles. The average Bonchev–Trinajstić information content (AvgIpc) is 2.41. The number of anilines is 1. The number of hydrogen-bond acceptors (Lipinski definition) is 3. The lowest BCUT2D eigenvalue weighted by Gasteiger charge is -2.19. The molecule has 2 rings (SSSR count). The molecule has 0 amide bonds. The molecule has 0 radical (unpaired) electrons. The topological polar surface area (TPSA) is 42.1 Å². The van der Waals surface area contributed by atoms with Crippen molar-refractivity contribution >= 4 is 17.4 Å². The minimum absolute atomic E-state index is 0.00965. The minimum atomic E-state index is 0.00965. The van der Waals surface area contributed by atoms with Crippen molar-refractivity contribution < 1.29 is 0 Å². The van der Waals surface area contributed by atoms with Crippen molar-refractivity contribution in [2.75, 3.05) is 11.9 Å².